The smallest absolute Gasteiger partial charge is 0.254 e. The van der Waals surface area contributed by atoms with Gasteiger partial charge in [0.2, 0.25) is 0 Å². The molecule has 3 aromatic rings. The van der Waals surface area contributed by atoms with Crippen molar-refractivity contribution >= 4 is 5.91 Å². The van der Waals surface area contributed by atoms with Crippen LogP contribution in [0.5, 0.6) is 11.5 Å². The van der Waals surface area contributed by atoms with Crippen LogP contribution in [0.1, 0.15) is 22.8 Å². The van der Waals surface area contributed by atoms with Crippen molar-refractivity contribution in [3.8, 4) is 11.5 Å². The van der Waals surface area contributed by atoms with Crippen LogP contribution in [0.4, 0.5) is 4.39 Å². The molecule has 0 spiro atoms. The van der Waals surface area contributed by atoms with Crippen molar-refractivity contribution in [2.45, 2.75) is 12.5 Å². The maximum atomic E-state index is 13.0. The molecule has 132 valence electrons. The lowest BCUT2D eigenvalue weighted by Gasteiger charge is -2.17. The molecule has 26 heavy (non-hydrogen) atoms. The number of hydrogen-bond donors (Lipinski definition) is 0. The SMILES string of the molecule is O=C(c1cccc(Oc2ccc(F)cc2)c1)N1CCC(n2ccnn2)C1. The Kier molecular flexibility index (Phi) is 4.35. The van der Waals surface area contributed by atoms with E-state index >= 15 is 0 Å². The van der Waals surface area contributed by atoms with Gasteiger partial charge in [-0.2, -0.15) is 0 Å². The first-order valence-electron chi connectivity index (χ1n) is 8.37. The van der Waals surface area contributed by atoms with Crippen LogP contribution in [-0.2, 0) is 0 Å². The van der Waals surface area contributed by atoms with E-state index in [9.17, 15) is 9.18 Å². The minimum atomic E-state index is -0.322. The standard InChI is InChI=1S/C19H17FN4O2/c20-15-4-6-17(7-5-15)26-18-3-1-2-14(12-18)19(25)23-10-8-16(13-23)24-11-9-21-22-24/h1-7,9,11-12,16H,8,10,13H2. The Hall–Kier alpha value is -3.22. The van der Waals surface area contributed by atoms with Gasteiger partial charge in [0.25, 0.3) is 5.91 Å². The first-order valence-corrected chi connectivity index (χ1v) is 8.37. The third-order valence-electron chi connectivity index (χ3n) is 4.40. The highest BCUT2D eigenvalue weighted by Crippen LogP contribution is 2.25. The second-order valence-corrected chi connectivity index (χ2v) is 6.16. The Morgan fingerprint density at radius 3 is 2.77 bits per heavy atom. The summed E-state index contributed by atoms with van der Waals surface area (Å²) < 4.78 is 20.5. The molecule has 1 saturated heterocycles. The van der Waals surface area contributed by atoms with E-state index < -0.39 is 0 Å². The Morgan fingerprint density at radius 2 is 2.00 bits per heavy atom. The molecule has 1 unspecified atom stereocenters. The van der Waals surface area contributed by atoms with E-state index in [1.54, 1.807) is 47.3 Å². The van der Waals surface area contributed by atoms with Crippen molar-refractivity contribution in [2.75, 3.05) is 13.1 Å². The van der Waals surface area contributed by atoms with Crippen LogP contribution >= 0.6 is 0 Å². The summed E-state index contributed by atoms with van der Waals surface area (Å²) in [6.45, 7) is 1.28. The molecule has 2 heterocycles. The van der Waals surface area contributed by atoms with Gasteiger partial charge < -0.3 is 9.64 Å². The molecule has 1 aliphatic rings. The van der Waals surface area contributed by atoms with Gasteiger partial charge in [0, 0.05) is 24.8 Å². The largest absolute Gasteiger partial charge is 0.457 e. The summed E-state index contributed by atoms with van der Waals surface area (Å²) in [6.07, 6.45) is 4.30. The first-order chi connectivity index (χ1) is 12.7. The average Bonchev–Trinajstić information content (AvgIpc) is 3.35. The number of ether oxygens (including phenoxy) is 1. The van der Waals surface area contributed by atoms with E-state index in [4.69, 9.17) is 4.74 Å². The van der Waals surface area contributed by atoms with Gasteiger partial charge in [-0.1, -0.05) is 11.3 Å². The summed E-state index contributed by atoms with van der Waals surface area (Å²) in [5, 5.41) is 7.84. The molecule has 1 amide bonds. The molecule has 7 heteroatoms. The average molecular weight is 352 g/mol. The summed E-state index contributed by atoms with van der Waals surface area (Å²) in [7, 11) is 0. The van der Waals surface area contributed by atoms with Crippen LogP contribution < -0.4 is 4.74 Å². The lowest BCUT2D eigenvalue weighted by molar-refractivity contribution is 0.0786. The summed E-state index contributed by atoms with van der Waals surface area (Å²) in [4.78, 5) is 14.6. The number of hydrogen-bond acceptors (Lipinski definition) is 4. The number of halogens is 1. The van der Waals surface area contributed by atoms with Gasteiger partial charge in [0.05, 0.1) is 12.2 Å². The van der Waals surface area contributed by atoms with Crippen LogP contribution in [0.15, 0.2) is 60.9 Å². The van der Waals surface area contributed by atoms with E-state index in [1.807, 2.05) is 11.1 Å². The van der Waals surface area contributed by atoms with Crippen LogP contribution in [0.3, 0.4) is 0 Å². The zero-order chi connectivity index (χ0) is 17.9. The number of carbonyl (C=O) groups is 1. The van der Waals surface area contributed by atoms with Gasteiger partial charge in [-0.15, -0.1) is 5.10 Å². The fraction of sp³-hybridized carbons (Fsp3) is 0.211. The van der Waals surface area contributed by atoms with E-state index in [0.29, 0.717) is 30.2 Å². The van der Waals surface area contributed by atoms with Crippen LogP contribution in [0.2, 0.25) is 0 Å². The van der Waals surface area contributed by atoms with Gasteiger partial charge in [-0.3, -0.25) is 4.79 Å². The van der Waals surface area contributed by atoms with E-state index in [1.165, 1.54) is 12.1 Å². The number of amides is 1. The first kappa shape index (κ1) is 16.3. The minimum absolute atomic E-state index is 0.0443. The molecule has 0 bridgehead atoms. The highest BCUT2D eigenvalue weighted by molar-refractivity contribution is 5.94. The van der Waals surface area contributed by atoms with E-state index in [0.717, 1.165) is 6.42 Å². The number of rotatable bonds is 4. The fourth-order valence-corrected chi connectivity index (χ4v) is 3.07. The lowest BCUT2D eigenvalue weighted by atomic mass is 10.2. The van der Waals surface area contributed by atoms with Crippen molar-refractivity contribution in [2.24, 2.45) is 0 Å². The molecule has 1 fully saturated rings. The van der Waals surface area contributed by atoms with Crippen molar-refractivity contribution in [1.82, 2.24) is 19.9 Å². The molecule has 4 rings (SSSR count). The van der Waals surface area contributed by atoms with Gasteiger partial charge in [0.15, 0.2) is 0 Å². The fourth-order valence-electron chi connectivity index (χ4n) is 3.07. The Bertz CT molecular complexity index is 896. The topological polar surface area (TPSA) is 60.2 Å². The van der Waals surface area contributed by atoms with Crippen LogP contribution in [0.25, 0.3) is 0 Å². The molecule has 1 aromatic heterocycles. The van der Waals surface area contributed by atoms with E-state index in [2.05, 4.69) is 10.3 Å². The molecule has 0 saturated carbocycles. The molecule has 0 aliphatic carbocycles. The molecule has 2 aromatic carbocycles. The molecule has 0 N–H and O–H groups in total. The quantitative estimate of drug-likeness (QED) is 0.723. The molecule has 1 aliphatic heterocycles. The number of aromatic nitrogens is 3. The normalized spacial score (nSPS) is 16.7. The predicted molar refractivity (Wildman–Crippen MR) is 92.5 cm³/mol. The third kappa shape index (κ3) is 3.42. The molecule has 0 radical (unpaired) electrons. The van der Waals surface area contributed by atoms with Gasteiger partial charge >= 0.3 is 0 Å². The van der Waals surface area contributed by atoms with Crippen molar-refractivity contribution < 1.29 is 13.9 Å². The Balaban J connectivity index is 1.46. The van der Waals surface area contributed by atoms with Gasteiger partial charge in [-0.25, -0.2) is 9.07 Å². The highest BCUT2D eigenvalue weighted by atomic mass is 19.1. The van der Waals surface area contributed by atoms with Crippen molar-refractivity contribution in [3.63, 3.8) is 0 Å². The zero-order valence-electron chi connectivity index (χ0n) is 14.0. The minimum Gasteiger partial charge on any atom is -0.457 e. The lowest BCUT2D eigenvalue weighted by Crippen LogP contribution is -2.29. The molecular formula is C19H17FN4O2. The number of likely N-dealkylation sites (tertiary alicyclic amines) is 1. The predicted octanol–water partition coefficient (Wildman–Crippen LogP) is 3.30. The summed E-state index contributed by atoms with van der Waals surface area (Å²) in [5.74, 6) is 0.687. The molecule has 6 nitrogen and oxygen atoms in total. The maximum Gasteiger partial charge on any atom is 0.254 e. The summed E-state index contributed by atoms with van der Waals surface area (Å²) in [5.41, 5.74) is 0.559. The Labute approximate surface area is 149 Å². The number of carbonyl (C=O) groups excluding carboxylic acids is 1. The van der Waals surface area contributed by atoms with Gasteiger partial charge in [0.1, 0.15) is 17.3 Å². The zero-order valence-corrected chi connectivity index (χ0v) is 14.0. The summed E-state index contributed by atoms with van der Waals surface area (Å²) >= 11 is 0. The number of nitrogens with zero attached hydrogens (tertiary/aromatic N) is 4. The van der Waals surface area contributed by atoms with Crippen LogP contribution in [-0.4, -0.2) is 38.9 Å². The van der Waals surface area contributed by atoms with Crippen molar-refractivity contribution in [1.29, 1.82) is 0 Å². The van der Waals surface area contributed by atoms with Gasteiger partial charge in [-0.05, 0) is 48.9 Å². The van der Waals surface area contributed by atoms with E-state index in [-0.39, 0.29) is 17.8 Å². The third-order valence-corrected chi connectivity index (χ3v) is 4.40. The van der Waals surface area contributed by atoms with Crippen molar-refractivity contribution in [3.05, 3.63) is 72.3 Å². The highest BCUT2D eigenvalue weighted by Gasteiger charge is 2.28. The van der Waals surface area contributed by atoms with Crippen LogP contribution in [0, 0.1) is 5.82 Å². The monoisotopic (exact) mass is 352 g/mol. The molecular weight excluding hydrogens is 335 g/mol. The summed E-state index contributed by atoms with van der Waals surface area (Å²) in [6, 6.07) is 12.9. The second-order valence-electron chi connectivity index (χ2n) is 6.16. The second kappa shape index (κ2) is 6.95. The Morgan fingerprint density at radius 1 is 1.15 bits per heavy atom. The molecule has 1 atom stereocenters. The number of benzene rings is 2. The maximum absolute atomic E-state index is 13.0.